The van der Waals surface area contributed by atoms with Crippen LogP contribution in [0.2, 0.25) is 0 Å². The highest BCUT2D eigenvalue weighted by Gasteiger charge is 2.04. The topological polar surface area (TPSA) is 37.5 Å². The highest BCUT2D eigenvalue weighted by atomic mass is 19.1. The second-order valence-corrected chi connectivity index (χ2v) is 3.78. The maximum Gasteiger partial charge on any atom is 0.165 e. The van der Waals surface area contributed by atoms with Gasteiger partial charge in [0.05, 0.1) is 5.52 Å². The Morgan fingerprint density at radius 3 is 2.71 bits per heavy atom. The number of hydrogen-bond donors (Lipinski definition) is 1. The molecule has 3 nitrogen and oxygen atoms in total. The van der Waals surface area contributed by atoms with Crippen molar-refractivity contribution in [1.82, 2.24) is 9.61 Å². The summed E-state index contributed by atoms with van der Waals surface area (Å²) in [5.41, 5.74) is 2.53. The largest absolute Gasteiger partial charge is 0.505 e. The molecule has 4 heteroatoms. The van der Waals surface area contributed by atoms with Crippen LogP contribution in [-0.2, 0) is 0 Å². The van der Waals surface area contributed by atoms with Crippen molar-refractivity contribution < 1.29 is 9.50 Å². The van der Waals surface area contributed by atoms with Gasteiger partial charge in [0.1, 0.15) is 0 Å². The first-order chi connectivity index (χ1) is 8.24. The third-order valence-electron chi connectivity index (χ3n) is 2.68. The van der Waals surface area contributed by atoms with E-state index in [1.54, 1.807) is 16.8 Å². The van der Waals surface area contributed by atoms with Gasteiger partial charge >= 0.3 is 0 Å². The Morgan fingerprint density at radius 2 is 1.88 bits per heavy atom. The molecule has 0 spiro atoms. The maximum absolute atomic E-state index is 13.2. The Kier molecular flexibility index (Phi) is 2.08. The molecule has 1 N–H and O–H groups in total. The Morgan fingerprint density at radius 1 is 1.06 bits per heavy atom. The van der Waals surface area contributed by atoms with Crippen molar-refractivity contribution in [3.05, 3.63) is 54.6 Å². The number of phenols is 1. The second kappa shape index (κ2) is 3.59. The standard InChI is InChI=1S/C13H9FN2O/c14-12-7-9(2-4-13(12)17)10-1-3-11-5-6-15-16(11)8-10/h1-8,17H. The molecular formula is C13H9FN2O. The van der Waals surface area contributed by atoms with E-state index >= 15 is 0 Å². The quantitative estimate of drug-likeness (QED) is 0.695. The molecule has 0 saturated heterocycles. The lowest BCUT2D eigenvalue weighted by atomic mass is 10.1. The SMILES string of the molecule is Oc1ccc(-c2ccc3ccnn3c2)cc1F. The summed E-state index contributed by atoms with van der Waals surface area (Å²) in [6.45, 7) is 0. The van der Waals surface area contributed by atoms with Crippen LogP contribution in [0.1, 0.15) is 0 Å². The van der Waals surface area contributed by atoms with E-state index in [1.807, 2.05) is 24.4 Å². The van der Waals surface area contributed by atoms with E-state index in [0.29, 0.717) is 5.56 Å². The minimum Gasteiger partial charge on any atom is -0.505 e. The molecule has 84 valence electrons. The summed E-state index contributed by atoms with van der Waals surface area (Å²) in [5.74, 6) is -0.961. The van der Waals surface area contributed by atoms with Crippen molar-refractivity contribution in [2.24, 2.45) is 0 Å². The molecule has 2 aromatic heterocycles. The number of nitrogens with zero attached hydrogens (tertiary/aromatic N) is 2. The van der Waals surface area contributed by atoms with Crippen LogP contribution in [0, 0.1) is 5.82 Å². The van der Waals surface area contributed by atoms with Gasteiger partial charge in [-0.05, 0) is 29.8 Å². The minimum absolute atomic E-state index is 0.339. The number of aromatic nitrogens is 2. The number of hydrogen-bond acceptors (Lipinski definition) is 2. The molecule has 0 aliphatic rings. The zero-order chi connectivity index (χ0) is 11.8. The van der Waals surface area contributed by atoms with E-state index in [0.717, 1.165) is 11.1 Å². The molecule has 0 aliphatic carbocycles. The summed E-state index contributed by atoms with van der Waals surface area (Å²) < 4.78 is 15.0. The van der Waals surface area contributed by atoms with Crippen molar-refractivity contribution in [2.45, 2.75) is 0 Å². The van der Waals surface area contributed by atoms with Gasteiger partial charge in [-0.2, -0.15) is 5.10 Å². The number of fused-ring (bicyclic) bond motifs is 1. The van der Waals surface area contributed by atoms with E-state index < -0.39 is 5.82 Å². The van der Waals surface area contributed by atoms with Gasteiger partial charge in [0, 0.05) is 18.0 Å². The van der Waals surface area contributed by atoms with Gasteiger partial charge in [0.2, 0.25) is 0 Å². The van der Waals surface area contributed by atoms with Crippen LogP contribution in [-0.4, -0.2) is 14.7 Å². The van der Waals surface area contributed by atoms with Crippen LogP contribution in [0.15, 0.2) is 48.8 Å². The van der Waals surface area contributed by atoms with Crippen LogP contribution < -0.4 is 0 Å². The molecule has 0 unspecified atom stereocenters. The van der Waals surface area contributed by atoms with Gasteiger partial charge < -0.3 is 5.11 Å². The van der Waals surface area contributed by atoms with Crippen molar-refractivity contribution in [1.29, 1.82) is 0 Å². The lowest BCUT2D eigenvalue weighted by Crippen LogP contribution is -1.88. The summed E-state index contributed by atoms with van der Waals surface area (Å²) in [4.78, 5) is 0. The lowest BCUT2D eigenvalue weighted by molar-refractivity contribution is 0.432. The molecule has 1 aromatic carbocycles. The summed E-state index contributed by atoms with van der Waals surface area (Å²) in [6.07, 6.45) is 3.53. The summed E-state index contributed by atoms with van der Waals surface area (Å²) in [6, 6.07) is 10.0. The molecule has 0 bridgehead atoms. The summed E-state index contributed by atoms with van der Waals surface area (Å²) in [7, 11) is 0. The van der Waals surface area contributed by atoms with Crippen molar-refractivity contribution >= 4 is 5.52 Å². The molecule has 2 heterocycles. The van der Waals surface area contributed by atoms with Gasteiger partial charge in [0.25, 0.3) is 0 Å². The smallest absolute Gasteiger partial charge is 0.165 e. The zero-order valence-electron chi connectivity index (χ0n) is 8.84. The van der Waals surface area contributed by atoms with Crippen LogP contribution in [0.25, 0.3) is 16.6 Å². The van der Waals surface area contributed by atoms with Gasteiger partial charge in [-0.15, -0.1) is 0 Å². The Labute approximate surface area is 96.8 Å². The predicted molar refractivity (Wildman–Crippen MR) is 62.3 cm³/mol. The third-order valence-corrected chi connectivity index (χ3v) is 2.68. The average molecular weight is 228 g/mol. The highest BCUT2D eigenvalue weighted by Crippen LogP contribution is 2.24. The number of halogens is 1. The molecule has 0 saturated carbocycles. The fourth-order valence-electron chi connectivity index (χ4n) is 1.77. The predicted octanol–water partition coefficient (Wildman–Crippen LogP) is 2.85. The monoisotopic (exact) mass is 228 g/mol. The zero-order valence-corrected chi connectivity index (χ0v) is 8.84. The number of pyridine rings is 1. The number of benzene rings is 1. The lowest BCUT2D eigenvalue weighted by Gasteiger charge is -2.03. The fourth-order valence-corrected chi connectivity index (χ4v) is 1.77. The number of aromatic hydroxyl groups is 1. The molecule has 3 aromatic rings. The summed E-state index contributed by atoms with van der Waals surface area (Å²) >= 11 is 0. The molecule has 17 heavy (non-hydrogen) atoms. The fraction of sp³-hybridized carbons (Fsp3) is 0. The third kappa shape index (κ3) is 1.63. The normalized spacial score (nSPS) is 10.9. The minimum atomic E-state index is -0.622. The molecule has 0 aliphatic heterocycles. The molecular weight excluding hydrogens is 219 g/mol. The highest BCUT2D eigenvalue weighted by molar-refractivity contribution is 5.66. The van der Waals surface area contributed by atoms with Gasteiger partial charge in [-0.1, -0.05) is 12.1 Å². The van der Waals surface area contributed by atoms with Crippen molar-refractivity contribution in [3.63, 3.8) is 0 Å². The average Bonchev–Trinajstić information content (AvgIpc) is 2.79. The van der Waals surface area contributed by atoms with Gasteiger partial charge in [-0.3, -0.25) is 0 Å². The van der Waals surface area contributed by atoms with Gasteiger partial charge in [-0.25, -0.2) is 8.91 Å². The first-order valence-corrected chi connectivity index (χ1v) is 5.16. The first kappa shape index (κ1) is 9.84. The van der Waals surface area contributed by atoms with Crippen LogP contribution in [0.4, 0.5) is 4.39 Å². The number of phenolic OH excluding ortho intramolecular Hbond substituents is 1. The number of rotatable bonds is 1. The van der Waals surface area contributed by atoms with E-state index in [4.69, 9.17) is 5.11 Å². The molecule has 0 atom stereocenters. The first-order valence-electron chi connectivity index (χ1n) is 5.16. The van der Waals surface area contributed by atoms with Crippen molar-refractivity contribution in [2.75, 3.05) is 0 Å². The van der Waals surface area contributed by atoms with Gasteiger partial charge in [0.15, 0.2) is 11.6 Å². The molecule has 0 fully saturated rings. The Hall–Kier alpha value is -2.36. The van der Waals surface area contributed by atoms with Crippen LogP contribution in [0.3, 0.4) is 0 Å². The second-order valence-electron chi connectivity index (χ2n) is 3.78. The Balaban J connectivity index is 2.16. The van der Waals surface area contributed by atoms with Crippen molar-refractivity contribution in [3.8, 4) is 16.9 Å². The molecule has 3 rings (SSSR count). The van der Waals surface area contributed by atoms with E-state index in [-0.39, 0.29) is 5.75 Å². The Bertz CT molecular complexity index is 691. The van der Waals surface area contributed by atoms with E-state index in [9.17, 15) is 4.39 Å². The molecule has 0 radical (unpaired) electrons. The summed E-state index contributed by atoms with van der Waals surface area (Å²) in [5, 5.41) is 13.3. The van der Waals surface area contributed by atoms with E-state index in [1.165, 1.54) is 12.1 Å². The molecule has 0 amide bonds. The van der Waals surface area contributed by atoms with Crippen LogP contribution >= 0.6 is 0 Å². The van der Waals surface area contributed by atoms with E-state index in [2.05, 4.69) is 5.10 Å². The van der Waals surface area contributed by atoms with Crippen LogP contribution in [0.5, 0.6) is 5.75 Å². The maximum atomic E-state index is 13.2.